The lowest BCUT2D eigenvalue weighted by Gasteiger charge is -2.33. The monoisotopic (exact) mass is 528 g/mol. The Morgan fingerprint density at radius 2 is 1.03 bits per heavy atom. The maximum Gasteiger partial charge on any atom is 0.150 e. The van der Waals surface area contributed by atoms with Gasteiger partial charge in [0, 0.05) is 5.56 Å². The first kappa shape index (κ1) is 22.8. The van der Waals surface area contributed by atoms with Crippen molar-refractivity contribution in [1.82, 2.24) is 0 Å². The van der Waals surface area contributed by atoms with Gasteiger partial charge in [0.05, 0.1) is 0 Å². The lowest BCUT2D eigenvalue weighted by Crippen LogP contribution is -2.35. The predicted molar refractivity (Wildman–Crippen MR) is 158 cm³/mol. The van der Waals surface area contributed by atoms with E-state index < -0.39 is 21.2 Å². The van der Waals surface area contributed by atoms with Crippen molar-refractivity contribution >= 4 is 42.4 Å². The smallest absolute Gasteiger partial charge is 0.150 e. The highest BCUT2D eigenvalue weighted by atomic mass is 31.1. The van der Waals surface area contributed by atoms with Gasteiger partial charge in [-0.15, -0.1) is 0 Å². The number of fused-ring (bicyclic) bond motifs is 6. The summed E-state index contributed by atoms with van der Waals surface area (Å²) in [5.41, 5.74) is 2.70. The molecule has 0 bridgehead atoms. The molecule has 0 spiro atoms. The van der Waals surface area contributed by atoms with Crippen LogP contribution in [0.3, 0.4) is 0 Å². The molecule has 0 radical (unpaired) electrons. The van der Waals surface area contributed by atoms with Gasteiger partial charge >= 0.3 is 0 Å². The lowest BCUT2D eigenvalue weighted by atomic mass is 9.91. The summed E-state index contributed by atoms with van der Waals surface area (Å²) in [6.07, 6.45) is 0.364. The molecule has 4 atom stereocenters. The first-order chi connectivity index (χ1) is 18.9. The average Bonchev–Trinajstić information content (AvgIpc) is 3.90. The standard InChI is InChI=1S/C34H26O2P2/c1-5-14-24(15-6-1)37(25-16-7-2-8-17-25)29-23-13-22-28-30(29)34(33(36-34)32-31(28)35-32)38(26-18-9-3-10-19-26)27-20-11-4-12-21-27/h1-23,31-33H. The molecule has 2 aliphatic heterocycles. The SMILES string of the molecule is c1ccc(P(c2ccccc2)c2cccc3c2C2(P(c4ccccc4)c4ccccc4)OC2C2OC32)cc1. The fourth-order valence-corrected chi connectivity index (χ4v) is 11.9. The summed E-state index contributed by atoms with van der Waals surface area (Å²) in [4.78, 5) is 0. The van der Waals surface area contributed by atoms with Crippen molar-refractivity contribution in [2.24, 2.45) is 0 Å². The summed E-state index contributed by atoms with van der Waals surface area (Å²) in [5.74, 6) is 0. The summed E-state index contributed by atoms with van der Waals surface area (Å²) in [6.45, 7) is 0. The minimum absolute atomic E-state index is 0.0797. The minimum atomic E-state index is -0.834. The largest absolute Gasteiger partial charge is 0.362 e. The zero-order valence-corrected chi connectivity index (χ0v) is 22.5. The van der Waals surface area contributed by atoms with Crippen LogP contribution in [0.25, 0.3) is 0 Å². The molecule has 2 fully saturated rings. The Morgan fingerprint density at radius 3 is 1.55 bits per heavy atom. The van der Waals surface area contributed by atoms with Crippen LogP contribution in [0.15, 0.2) is 140 Å². The number of rotatable bonds is 6. The van der Waals surface area contributed by atoms with Gasteiger partial charge < -0.3 is 9.47 Å². The fraction of sp³-hybridized carbons (Fsp3) is 0.118. The molecule has 38 heavy (non-hydrogen) atoms. The highest BCUT2D eigenvalue weighted by molar-refractivity contribution is 7.80. The van der Waals surface area contributed by atoms with Gasteiger partial charge in [0.2, 0.25) is 0 Å². The van der Waals surface area contributed by atoms with Gasteiger partial charge in [-0.1, -0.05) is 140 Å². The van der Waals surface area contributed by atoms with Crippen LogP contribution in [0.2, 0.25) is 0 Å². The minimum Gasteiger partial charge on any atom is -0.362 e. The second kappa shape index (κ2) is 8.98. The van der Waals surface area contributed by atoms with Gasteiger partial charge in [0.15, 0.2) is 5.34 Å². The van der Waals surface area contributed by atoms with E-state index in [4.69, 9.17) is 9.47 Å². The number of epoxide rings is 2. The molecule has 5 aromatic rings. The third-order valence-electron chi connectivity index (χ3n) is 7.83. The fourth-order valence-electron chi connectivity index (χ4n) is 6.19. The van der Waals surface area contributed by atoms with Crippen molar-refractivity contribution in [2.75, 3.05) is 0 Å². The van der Waals surface area contributed by atoms with Crippen molar-refractivity contribution in [3.8, 4) is 0 Å². The molecule has 4 heteroatoms. The van der Waals surface area contributed by atoms with Crippen molar-refractivity contribution in [3.63, 3.8) is 0 Å². The van der Waals surface area contributed by atoms with Crippen LogP contribution in [-0.4, -0.2) is 12.2 Å². The average molecular weight is 529 g/mol. The Bertz CT molecular complexity index is 1510. The number of benzene rings is 5. The van der Waals surface area contributed by atoms with E-state index in [9.17, 15) is 0 Å². The van der Waals surface area contributed by atoms with Gasteiger partial charge in [-0.2, -0.15) is 0 Å². The highest BCUT2D eigenvalue weighted by Gasteiger charge is 2.76. The summed E-state index contributed by atoms with van der Waals surface area (Å²) in [7, 11) is -1.61. The molecule has 5 aromatic carbocycles. The maximum absolute atomic E-state index is 6.99. The summed E-state index contributed by atoms with van der Waals surface area (Å²) >= 11 is 0. The summed E-state index contributed by atoms with van der Waals surface area (Å²) in [5, 5.41) is 6.41. The van der Waals surface area contributed by atoms with Crippen LogP contribution in [0.1, 0.15) is 17.2 Å². The first-order valence-electron chi connectivity index (χ1n) is 13.1. The van der Waals surface area contributed by atoms with Crippen molar-refractivity contribution in [1.29, 1.82) is 0 Å². The second-order valence-corrected chi connectivity index (χ2v) is 14.6. The van der Waals surface area contributed by atoms with E-state index in [0.717, 1.165) is 0 Å². The molecule has 0 aromatic heterocycles. The van der Waals surface area contributed by atoms with Gasteiger partial charge in [-0.25, -0.2) is 0 Å². The Labute approximate surface area is 225 Å². The Balaban J connectivity index is 1.40. The molecular weight excluding hydrogens is 502 g/mol. The Hall–Kier alpha value is -3.12. The number of ether oxygens (including phenoxy) is 2. The molecule has 0 N–H and O–H groups in total. The van der Waals surface area contributed by atoms with Crippen LogP contribution >= 0.6 is 15.8 Å². The Kier molecular flexibility index (Phi) is 5.39. The molecule has 0 amide bonds. The normalized spacial score (nSPS) is 24.4. The molecule has 2 nitrogen and oxygen atoms in total. The molecular formula is C34H26O2P2. The van der Waals surface area contributed by atoms with E-state index in [-0.39, 0.29) is 18.3 Å². The maximum atomic E-state index is 6.99. The topological polar surface area (TPSA) is 25.1 Å². The van der Waals surface area contributed by atoms with Crippen LogP contribution < -0.4 is 26.5 Å². The summed E-state index contributed by atoms with van der Waals surface area (Å²) < 4.78 is 13.3. The van der Waals surface area contributed by atoms with Gasteiger partial charge in [-0.05, 0) is 47.9 Å². The van der Waals surface area contributed by atoms with Crippen LogP contribution in [0.4, 0.5) is 0 Å². The molecule has 2 saturated heterocycles. The zero-order chi connectivity index (χ0) is 25.1. The molecule has 8 rings (SSSR count). The lowest BCUT2D eigenvalue weighted by molar-refractivity contribution is 0.299. The van der Waals surface area contributed by atoms with Gasteiger partial charge in [0.25, 0.3) is 0 Å². The van der Waals surface area contributed by atoms with Crippen molar-refractivity contribution < 1.29 is 9.47 Å². The van der Waals surface area contributed by atoms with Crippen molar-refractivity contribution in [3.05, 3.63) is 151 Å². The first-order valence-corrected chi connectivity index (χ1v) is 15.8. The second-order valence-electron chi connectivity index (χ2n) is 10.0. The van der Waals surface area contributed by atoms with Crippen LogP contribution in [0, 0.1) is 0 Å². The summed E-state index contributed by atoms with van der Waals surface area (Å²) in [6, 6.07) is 50.9. The molecule has 2 heterocycles. The van der Waals surface area contributed by atoms with E-state index in [1.165, 1.54) is 37.6 Å². The number of hydrogen-bond acceptors (Lipinski definition) is 2. The molecule has 3 aliphatic rings. The third kappa shape index (κ3) is 3.49. The highest BCUT2D eigenvalue weighted by Crippen LogP contribution is 2.75. The molecule has 0 saturated carbocycles. The van der Waals surface area contributed by atoms with Gasteiger partial charge in [0.1, 0.15) is 18.3 Å². The molecule has 4 unspecified atom stereocenters. The van der Waals surface area contributed by atoms with Crippen LogP contribution in [0.5, 0.6) is 0 Å². The third-order valence-corrected chi connectivity index (χ3v) is 13.2. The molecule has 184 valence electrons. The quantitative estimate of drug-likeness (QED) is 0.212. The van der Waals surface area contributed by atoms with E-state index in [2.05, 4.69) is 140 Å². The zero-order valence-electron chi connectivity index (χ0n) is 20.7. The van der Waals surface area contributed by atoms with E-state index in [1.807, 2.05) is 0 Å². The van der Waals surface area contributed by atoms with E-state index >= 15 is 0 Å². The molecule has 1 aliphatic carbocycles. The van der Waals surface area contributed by atoms with E-state index in [0.29, 0.717) is 0 Å². The van der Waals surface area contributed by atoms with E-state index in [1.54, 1.807) is 0 Å². The number of hydrogen-bond donors (Lipinski definition) is 0. The Morgan fingerprint density at radius 1 is 0.526 bits per heavy atom. The van der Waals surface area contributed by atoms with Gasteiger partial charge in [-0.3, -0.25) is 0 Å². The van der Waals surface area contributed by atoms with Crippen LogP contribution in [-0.2, 0) is 14.8 Å². The predicted octanol–water partition coefficient (Wildman–Crippen LogP) is 5.58. The van der Waals surface area contributed by atoms with Crippen molar-refractivity contribution in [2.45, 2.75) is 23.7 Å².